The molecule has 0 aliphatic rings. The molecule has 0 fully saturated rings. The molecule has 5 nitrogen and oxygen atoms in total. The van der Waals surface area contributed by atoms with E-state index in [4.69, 9.17) is 15.4 Å². The standard InChI is InChI=1S/C63H51N3O2/c1-33(2)37-12-18-54-47(24-37)48-25-38(34(3)4)13-19-55(48)65(54)45-16-10-41-28-51-58(30-43(41)22-45)67-60-32-53(64-9)63-62(61(51)60)52-29-42-11-17-46(23-44(42)31-59(52)68-63)66-56-20-14-39(35(5)6)26-49(56)50-27-40(36(7)8)15-21-57(50)66/h10-36H,1-8H3. The van der Waals surface area contributed by atoms with Crippen LogP contribution in [0.15, 0.2) is 148 Å². The van der Waals surface area contributed by atoms with Gasteiger partial charge in [0.1, 0.15) is 22.3 Å². The van der Waals surface area contributed by atoms with E-state index in [-0.39, 0.29) is 0 Å². The van der Waals surface area contributed by atoms with Gasteiger partial charge in [-0.05, 0) is 171 Å². The molecule has 0 saturated heterocycles. The zero-order valence-electron chi connectivity index (χ0n) is 39.7. The summed E-state index contributed by atoms with van der Waals surface area (Å²) in [6, 6.07) is 51.9. The summed E-state index contributed by atoms with van der Waals surface area (Å²) < 4.78 is 18.3. The number of aromatic nitrogens is 2. The first kappa shape index (κ1) is 40.5. The Balaban J connectivity index is 0.975. The van der Waals surface area contributed by atoms with E-state index in [2.05, 4.69) is 203 Å². The predicted molar refractivity (Wildman–Crippen MR) is 287 cm³/mol. The van der Waals surface area contributed by atoms with Gasteiger partial charge < -0.3 is 18.0 Å². The van der Waals surface area contributed by atoms with E-state index >= 15 is 0 Å². The van der Waals surface area contributed by atoms with Gasteiger partial charge in [0.15, 0.2) is 0 Å². The smallest absolute Gasteiger partial charge is 0.233 e. The molecule has 5 heteroatoms. The van der Waals surface area contributed by atoms with Crippen LogP contribution in [0.5, 0.6) is 0 Å². The van der Waals surface area contributed by atoms with Crippen LogP contribution in [0.1, 0.15) is 101 Å². The number of rotatable bonds is 6. The Bertz CT molecular complexity index is 4220. The Morgan fingerprint density at radius 3 is 1.16 bits per heavy atom. The van der Waals surface area contributed by atoms with Crippen molar-refractivity contribution < 1.29 is 8.83 Å². The molecule has 0 spiro atoms. The summed E-state index contributed by atoms with van der Waals surface area (Å²) in [5.41, 5.74) is 15.6. The Morgan fingerprint density at radius 2 is 0.765 bits per heavy atom. The molecular weight excluding hydrogens is 831 g/mol. The maximum absolute atomic E-state index is 8.27. The normalized spacial score (nSPS) is 12.6. The van der Waals surface area contributed by atoms with Gasteiger partial charge in [-0.1, -0.05) is 91.8 Å². The topological polar surface area (TPSA) is 40.5 Å². The number of hydrogen-bond acceptors (Lipinski definition) is 2. The van der Waals surface area contributed by atoms with Gasteiger partial charge in [0.05, 0.1) is 28.6 Å². The van der Waals surface area contributed by atoms with Gasteiger partial charge in [-0.2, -0.15) is 0 Å². The van der Waals surface area contributed by atoms with Crippen molar-refractivity contribution in [3.63, 3.8) is 0 Å². The Hall–Kier alpha value is -7.81. The first-order chi connectivity index (χ1) is 32.9. The second-order valence-corrected chi connectivity index (χ2v) is 20.4. The Morgan fingerprint density at radius 1 is 0.368 bits per heavy atom. The van der Waals surface area contributed by atoms with Gasteiger partial charge in [0.25, 0.3) is 0 Å². The molecule has 13 aromatic rings. The molecule has 4 heterocycles. The third-order valence-corrected chi connectivity index (χ3v) is 15.0. The molecule has 0 radical (unpaired) electrons. The molecule has 0 saturated carbocycles. The van der Waals surface area contributed by atoms with Gasteiger partial charge in [0, 0.05) is 54.5 Å². The summed E-state index contributed by atoms with van der Waals surface area (Å²) >= 11 is 0. The second-order valence-electron chi connectivity index (χ2n) is 20.4. The van der Waals surface area contributed by atoms with Crippen LogP contribution in [-0.4, -0.2) is 9.13 Å². The average molecular weight is 882 g/mol. The van der Waals surface area contributed by atoms with Gasteiger partial charge >= 0.3 is 0 Å². The van der Waals surface area contributed by atoms with E-state index in [0.717, 1.165) is 65.6 Å². The predicted octanol–water partition coefficient (Wildman–Crippen LogP) is 19.0. The van der Waals surface area contributed by atoms with Gasteiger partial charge in [-0.3, -0.25) is 0 Å². The number of furan rings is 2. The SMILES string of the molecule is [C-]#[N+]c1cc2oc3cc4cc(-n5c6ccc(C(C)C)cc6c6cc(C(C)C)ccc65)ccc4cc3c2c2c1oc1cc3cc(-n4c5ccc(C(C)C)cc5c5cc(C(C)C)ccc54)ccc3cc12. The molecule has 0 atom stereocenters. The van der Waals surface area contributed by atoms with Crippen LogP contribution in [0.4, 0.5) is 5.69 Å². The Kier molecular flexibility index (Phi) is 8.68. The van der Waals surface area contributed by atoms with Crippen molar-refractivity contribution in [1.82, 2.24) is 9.13 Å². The third kappa shape index (κ3) is 5.86. The van der Waals surface area contributed by atoms with Crippen molar-refractivity contribution >= 4 is 115 Å². The molecule has 4 aromatic heterocycles. The number of benzene rings is 9. The van der Waals surface area contributed by atoms with Crippen molar-refractivity contribution in [3.05, 3.63) is 173 Å². The van der Waals surface area contributed by atoms with Gasteiger partial charge in [-0.25, -0.2) is 4.85 Å². The Labute approximate surface area is 394 Å². The number of fused-ring (bicyclic) bond motifs is 15. The van der Waals surface area contributed by atoms with E-state index in [0.29, 0.717) is 40.5 Å². The van der Waals surface area contributed by atoms with E-state index in [1.54, 1.807) is 0 Å². The number of hydrogen-bond donors (Lipinski definition) is 0. The van der Waals surface area contributed by atoms with E-state index < -0.39 is 0 Å². The molecule has 0 aliphatic heterocycles. The molecule has 68 heavy (non-hydrogen) atoms. The van der Waals surface area contributed by atoms with Crippen molar-refractivity contribution in [1.29, 1.82) is 0 Å². The van der Waals surface area contributed by atoms with Crippen molar-refractivity contribution in [2.24, 2.45) is 0 Å². The fraction of sp³-hybridized carbons (Fsp3) is 0.190. The minimum atomic E-state index is 0.436. The van der Waals surface area contributed by atoms with E-state index in [1.165, 1.54) is 65.9 Å². The fourth-order valence-corrected chi connectivity index (χ4v) is 11.1. The van der Waals surface area contributed by atoms with E-state index in [1.807, 2.05) is 6.07 Å². The van der Waals surface area contributed by atoms with Crippen molar-refractivity contribution in [3.8, 4) is 11.4 Å². The highest BCUT2D eigenvalue weighted by Gasteiger charge is 2.23. The maximum atomic E-state index is 8.27. The number of nitrogens with zero attached hydrogens (tertiary/aromatic N) is 3. The highest BCUT2D eigenvalue weighted by atomic mass is 16.3. The van der Waals surface area contributed by atoms with Crippen LogP contribution < -0.4 is 0 Å². The molecule has 0 amide bonds. The summed E-state index contributed by atoms with van der Waals surface area (Å²) in [4.78, 5) is 3.99. The maximum Gasteiger partial charge on any atom is 0.233 e. The van der Waals surface area contributed by atoms with Gasteiger partial charge in [0.2, 0.25) is 5.69 Å². The van der Waals surface area contributed by atoms with E-state index in [9.17, 15) is 0 Å². The van der Waals surface area contributed by atoms with Crippen LogP contribution in [0.3, 0.4) is 0 Å². The van der Waals surface area contributed by atoms with Crippen LogP contribution in [0.2, 0.25) is 0 Å². The lowest BCUT2D eigenvalue weighted by molar-refractivity contribution is 0.665. The first-order valence-electron chi connectivity index (χ1n) is 24.2. The molecule has 9 aromatic carbocycles. The molecule has 330 valence electrons. The molecular formula is C63H51N3O2. The lowest BCUT2D eigenvalue weighted by Crippen LogP contribution is -1.95. The lowest BCUT2D eigenvalue weighted by Gasteiger charge is -2.11. The lowest BCUT2D eigenvalue weighted by atomic mass is 9.98. The highest BCUT2D eigenvalue weighted by Crippen LogP contribution is 2.47. The van der Waals surface area contributed by atoms with Crippen LogP contribution in [-0.2, 0) is 0 Å². The molecule has 0 unspecified atom stereocenters. The molecule has 0 bridgehead atoms. The third-order valence-electron chi connectivity index (χ3n) is 15.0. The average Bonchev–Trinajstić information content (AvgIpc) is 4.08. The minimum absolute atomic E-state index is 0.436. The minimum Gasteiger partial charge on any atom is -0.467 e. The highest BCUT2D eigenvalue weighted by molar-refractivity contribution is 6.30. The monoisotopic (exact) mass is 881 g/mol. The summed E-state index contributed by atoms with van der Waals surface area (Å²) in [7, 11) is 0. The van der Waals surface area contributed by atoms with Crippen molar-refractivity contribution in [2.45, 2.75) is 79.1 Å². The van der Waals surface area contributed by atoms with Crippen LogP contribution >= 0.6 is 0 Å². The zero-order chi connectivity index (χ0) is 46.4. The molecule has 0 aliphatic carbocycles. The summed E-state index contributed by atoms with van der Waals surface area (Å²) in [6.07, 6.45) is 0. The zero-order valence-corrected chi connectivity index (χ0v) is 39.7. The first-order valence-corrected chi connectivity index (χ1v) is 24.2. The molecule has 13 rings (SSSR count). The molecule has 0 N–H and O–H groups in total. The quantitative estimate of drug-likeness (QED) is 0.156. The summed E-state index contributed by atoms with van der Waals surface area (Å²) in [5.74, 6) is 1.75. The van der Waals surface area contributed by atoms with Crippen LogP contribution in [0, 0.1) is 6.57 Å². The summed E-state index contributed by atoms with van der Waals surface area (Å²) in [5, 5.41) is 13.4. The van der Waals surface area contributed by atoms with Crippen molar-refractivity contribution in [2.75, 3.05) is 0 Å². The largest absolute Gasteiger partial charge is 0.467 e. The van der Waals surface area contributed by atoms with Gasteiger partial charge in [-0.15, -0.1) is 0 Å². The fourth-order valence-electron chi connectivity index (χ4n) is 11.1. The second kappa shape index (κ2) is 14.6. The van der Waals surface area contributed by atoms with Crippen LogP contribution in [0.25, 0.3) is 125 Å². The summed E-state index contributed by atoms with van der Waals surface area (Å²) in [6.45, 7) is 26.4.